The molecule has 0 aliphatic rings. The topological polar surface area (TPSA) is 35.3 Å². The Hall–Kier alpha value is -1.61. The Balaban J connectivity index is 2.25. The van der Waals surface area contributed by atoms with Crippen molar-refractivity contribution in [3.05, 3.63) is 42.4 Å². The molecule has 0 fully saturated rings. The minimum Gasteiger partial charge on any atom is -0.438 e. The molecular weight excluding hydrogens is 178 g/mol. The molecule has 0 aliphatic carbocycles. The van der Waals surface area contributed by atoms with Crippen molar-refractivity contribution in [1.29, 1.82) is 0 Å². The lowest BCUT2D eigenvalue weighted by Gasteiger charge is -1.94. The molecule has 0 unspecified atom stereocenters. The maximum absolute atomic E-state index is 5.47. The van der Waals surface area contributed by atoms with Crippen molar-refractivity contribution in [2.24, 2.45) is 0 Å². The Bertz CT molecular complexity index is 395. The molecule has 1 heterocycles. The van der Waals surface area contributed by atoms with Gasteiger partial charge in [0.25, 0.3) is 0 Å². The van der Waals surface area contributed by atoms with Gasteiger partial charge in [0.2, 0.25) is 5.89 Å². The molecule has 0 N–H and O–H groups in total. The van der Waals surface area contributed by atoms with E-state index < -0.39 is 0 Å². The van der Waals surface area contributed by atoms with E-state index in [-0.39, 0.29) is 0 Å². The zero-order valence-corrected chi connectivity index (χ0v) is 7.93. The average Bonchev–Trinajstić information content (AvgIpc) is 2.68. The molecule has 3 heteroatoms. The largest absolute Gasteiger partial charge is 0.438 e. The summed E-state index contributed by atoms with van der Waals surface area (Å²) >= 11 is 0. The average molecular weight is 189 g/mol. The summed E-state index contributed by atoms with van der Waals surface area (Å²) in [5.74, 6) is 1.38. The Kier molecular flexibility index (Phi) is 2.60. The number of hydrogen-bond acceptors (Lipinski definition) is 3. The molecule has 3 nitrogen and oxygen atoms in total. The van der Waals surface area contributed by atoms with E-state index in [0.29, 0.717) is 12.5 Å². The number of ether oxygens (including phenoxy) is 1. The monoisotopic (exact) mass is 189 g/mol. The summed E-state index contributed by atoms with van der Waals surface area (Å²) in [7, 11) is 1.62. The number of methoxy groups -OCH3 is 1. The third-order valence-electron chi connectivity index (χ3n) is 1.88. The third-order valence-corrected chi connectivity index (χ3v) is 1.88. The van der Waals surface area contributed by atoms with Crippen molar-refractivity contribution < 1.29 is 9.15 Å². The number of hydrogen-bond donors (Lipinski definition) is 0. The summed E-state index contributed by atoms with van der Waals surface area (Å²) in [5, 5.41) is 0. The second kappa shape index (κ2) is 4.07. The Labute approximate surface area is 82.3 Å². The predicted molar refractivity (Wildman–Crippen MR) is 52.7 cm³/mol. The van der Waals surface area contributed by atoms with Gasteiger partial charge in [-0.2, -0.15) is 0 Å². The fraction of sp³-hybridized carbons (Fsp3) is 0.182. The molecule has 0 atom stereocenters. The van der Waals surface area contributed by atoms with Gasteiger partial charge < -0.3 is 9.15 Å². The molecule has 0 aliphatic heterocycles. The summed E-state index contributed by atoms with van der Waals surface area (Å²) in [5.41, 5.74) is 1.03. The molecule has 0 saturated heterocycles. The zero-order valence-electron chi connectivity index (χ0n) is 7.93. The van der Waals surface area contributed by atoms with Crippen molar-refractivity contribution in [3.63, 3.8) is 0 Å². The van der Waals surface area contributed by atoms with Crippen LogP contribution in [0.5, 0.6) is 0 Å². The molecule has 0 spiro atoms. The normalized spacial score (nSPS) is 10.4. The first-order valence-electron chi connectivity index (χ1n) is 4.39. The van der Waals surface area contributed by atoms with Crippen LogP contribution in [0.2, 0.25) is 0 Å². The second-order valence-electron chi connectivity index (χ2n) is 2.92. The van der Waals surface area contributed by atoms with Crippen molar-refractivity contribution in [2.45, 2.75) is 6.61 Å². The van der Waals surface area contributed by atoms with Gasteiger partial charge in [-0.1, -0.05) is 30.3 Å². The van der Waals surface area contributed by atoms with E-state index in [1.165, 1.54) is 0 Å². The quantitative estimate of drug-likeness (QED) is 0.744. The maximum Gasteiger partial charge on any atom is 0.220 e. The SMILES string of the molecule is COCc1ncc(-c2ccccc2)o1. The number of rotatable bonds is 3. The van der Waals surface area contributed by atoms with Crippen LogP contribution in [0.4, 0.5) is 0 Å². The number of aromatic nitrogens is 1. The van der Waals surface area contributed by atoms with Crippen LogP contribution in [0.3, 0.4) is 0 Å². The van der Waals surface area contributed by atoms with Gasteiger partial charge in [0, 0.05) is 12.7 Å². The number of nitrogens with zero attached hydrogens (tertiary/aromatic N) is 1. The van der Waals surface area contributed by atoms with E-state index >= 15 is 0 Å². The lowest BCUT2D eigenvalue weighted by atomic mass is 10.2. The molecule has 0 bridgehead atoms. The summed E-state index contributed by atoms with van der Waals surface area (Å²) in [6.45, 7) is 0.410. The molecule has 0 amide bonds. The predicted octanol–water partition coefficient (Wildman–Crippen LogP) is 2.49. The molecule has 0 saturated carbocycles. The minimum absolute atomic E-state index is 0.410. The van der Waals surface area contributed by atoms with Gasteiger partial charge in [-0.3, -0.25) is 0 Å². The van der Waals surface area contributed by atoms with Gasteiger partial charge in [0.1, 0.15) is 6.61 Å². The van der Waals surface area contributed by atoms with Crippen LogP contribution < -0.4 is 0 Å². The van der Waals surface area contributed by atoms with Crippen molar-refractivity contribution >= 4 is 0 Å². The Morgan fingerprint density at radius 1 is 1.29 bits per heavy atom. The van der Waals surface area contributed by atoms with Crippen LogP contribution in [0, 0.1) is 0 Å². The maximum atomic E-state index is 5.47. The highest BCUT2D eigenvalue weighted by Crippen LogP contribution is 2.19. The molecule has 2 rings (SSSR count). The molecule has 14 heavy (non-hydrogen) atoms. The first-order chi connectivity index (χ1) is 6.90. The van der Waals surface area contributed by atoms with Crippen LogP contribution >= 0.6 is 0 Å². The van der Waals surface area contributed by atoms with Crippen LogP contribution in [0.1, 0.15) is 5.89 Å². The first kappa shape index (κ1) is 8.97. The fourth-order valence-corrected chi connectivity index (χ4v) is 1.24. The third kappa shape index (κ3) is 1.83. The first-order valence-corrected chi connectivity index (χ1v) is 4.39. The van der Waals surface area contributed by atoms with Gasteiger partial charge in [-0.05, 0) is 0 Å². The highest BCUT2D eigenvalue weighted by Gasteiger charge is 2.04. The number of benzene rings is 1. The Morgan fingerprint density at radius 3 is 2.79 bits per heavy atom. The standard InChI is InChI=1S/C11H11NO2/c1-13-8-11-12-7-10(14-11)9-5-3-2-4-6-9/h2-7H,8H2,1H3. The highest BCUT2D eigenvalue weighted by atomic mass is 16.5. The number of oxazole rings is 1. The van der Waals surface area contributed by atoms with Crippen LogP contribution in [0.25, 0.3) is 11.3 Å². The molecule has 72 valence electrons. The molecule has 2 aromatic rings. The van der Waals surface area contributed by atoms with Gasteiger partial charge in [-0.25, -0.2) is 4.98 Å². The van der Waals surface area contributed by atoms with Crippen molar-refractivity contribution in [2.75, 3.05) is 7.11 Å². The van der Waals surface area contributed by atoms with Crippen molar-refractivity contribution in [3.8, 4) is 11.3 Å². The smallest absolute Gasteiger partial charge is 0.220 e. The van der Waals surface area contributed by atoms with E-state index in [1.54, 1.807) is 13.3 Å². The lowest BCUT2D eigenvalue weighted by Crippen LogP contribution is -1.84. The van der Waals surface area contributed by atoms with Crippen LogP contribution in [-0.2, 0) is 11.3 Å². The highest BCUT2D eigenvalue weighted by molar-refractivity contribution is 5.55. The molecule has 1 aromatic heterocycles. The lowest BCUT2D eigenvalue weighted by molar-refractivity contribution is 0.160. The van der Waals surface area contributed by atoms with Crippen LogP contribution in [0.15, 0.2) is 40.9 Å². The Morgan fingerprint density at radius 2 is 2.07 bits per heavy atom. The van der Waals surface area contributed by atoms with E-state index in [9.17, 15) is 0 Å². The van der Waals surface area contributed by atoms with Crippen LogP contribution in [-0.4, -0.2) is 12.1 Å². The van der Waals surface area contributed by atoms with Gasteiger partial charge >= 0.3 is 0 Å². The second-order valence-corrected chi connectivity index (χ2v) is 2.92. The van der Waals surface area contributed by atoms with Gasteiger partial charge in [-0.15, -0.1) is 0 Å². The van der Waals surface area contributed by atoms with E-state index in [2.05, 4.69) is 4.98 Å². The van der Waals surface area contributed by atoms with Gasteiger partial charge in [0.05, 0.1) is 6.20 Å². The zero-order chi connectivity index (χ0) is 9.80. The minimum atomic E-state index is 0.410. The summed E-state index contributed by atoms with van der Waals surface area (Å²) in [6, 6.07) is 9.87. The van der Waals surface area contributed by atoms with Gasteiger partial charge in [0.15, 0.2) is 5.76 Å². The summed E-state index contributed by atoms with van der Waals surface area (Å²) < 4.78 is 10.4. The van der Waals surface area contributed by atoms with Crippen molar-refractivity contribution in [1.82, 2.24) is 4.98 Å². The van der Waals surface area contributed by atoms with E-state index in [4.69, 9.17) is 9.15 Å². The molecule has 0 radical (unpaired) electrons. The summed E-state index contributed by atoms with van der Waals surface area (Å²) in [4.78, 5) is 4.09. The fourth-order valence-electron chi connectivity index (χ4n) is 1.24. The van der Waals surface area contributed by atoms with E-state index in [0.717, 1.165) is 11.3 Å². The summed E-state index contributed by atoms with van der Waals surface area (Å²) in [6.07, 6.45) is 1.71. The van der Waals surface area contributed by atoms with E-state index in [1.807, 2.05) is 30.3 Å². The molecule has 1 aromatic carbocycles. The molecular formula is C11H11NO2.